The van der Waals surface area contributed by atoms with E-state index in [4.69, 9.17) is 4.74 Å². The summed E-state index contributed by atoms with van der Waals surface area (Å²) >= 11 is 0. The fourth-order valence-electron chi connectivity index (χ4n) is 3.25. The highest BCUT2D eigenvalue weighted by atomic mass is 16.5. The molecule has 1 saturated heterocycles. The zero-order valence-electron chi connectivity index (χ0n) is 12.3. The predicted molar refractivity (Wildman–Crippen MR) is 79.9 cm³/mol. The van der Waals surface area contributed by atoms with Crippen molar-refractivity contribution in [2.24, 2.45) is 0 Å². The van der Waals surface area contributed by atoms with Crippen LogP contribution in [0.5, 0.6) is 0 Å². The summed E-state index contributed by atoms with van der Waals surface area (Å²) in [5.74, 6) is 0. The van der Waals surface area contributed by atoms with Crippen LogP contribution < -0.4 is 5.32 Å². The van der Waals surface area contributed by atoms with Crippen LogP contribution in [0.2, 0.25) is 0 Å². The van der Waals surface area contributed by atoms with Crippen LogP contribution in [0, 0.1) is 0 Å². The molecule has 0 amide bonds. The maximum absolute atomic E-state index is 10.5. The van der Waals surface area contributed by atoms with E-state index in [2.05, 4.69) is 30.4 Å². The van der Waals surface area contributed by atoms with Gasteiger partial charge in [-0.2, -0.15) is 0 Å². The lowest BCUT2D eigenvalue weighted by atomic mass is 9.93. The number of aryl methyl sites for hydroxylation is 2. The minimum atomic E-state index is -0.594. The van der Waals surface area contributed by atoms with E-state index in [9.17, 15) is 5.11 Å². The quantitative estimate of drug-likeness (QED) is 0.886. The van der Waals surface area contributed by atoms with Gasteiger partial charge in [0.05, 0.1) is 5.60 Å². The minimum absolute atomic E-state index is 0.285. The van der Waals surface area contributed by atoms with Crippen molar-refractivity contribution in [2.45, 2.75) is 50.7 Å². The molecule has 1 unspecified atom stereocenters. The molecule has 2 N–H and O–H groups in total. The molecule has 1 aliphatic carbocycles. The first-order valence-corrected chi connectivity index (χ1v) is 7.82. The van der Waals surface area contributed by atoms with Gasteiger partial charge in [-0.15, -0.1) is 0 Å². The maximum Gasteiger partial charge on any atom is 0.0815 e. The van der Waals surface area contributed by atoms with Crippen molar-refractivity contribution >= 4 is 0 Å². The largest absolute Gasteiger partial charge is 0.388 e. The Morgan fingerprint density at radius 2 is 2.00 bits per heavy atom. The molecule has 1 heterocycles. The van der Waals surface area contributed by atoms with Crippen LogP contribution in [0.1, 0.15) is 48.9 Å². The molecule has 0 spiro atoms. The van der Waals surface area contributed by atoms with Crippen LogP contribution in [0.4, 0.5) is 0 Å². The number of fused-ring (bicyclic) bond motifs is 1. The van der Waals surface area contributed by atoms with Crippen molar-refractivity contribution in [3.05, 3.63) is 34.9 Å². The van der Waals surface area contributed by atoms with Gasteiger partial charge in [-0.1, -0.05) is 18.2 Å². The predicted octanol–water partition coefficient (Wildman–Crippen LogP) is 2.37. The molecule has 2 aliphatic rings. The van der Waals surface area contributed by atoms with E-state index in [1.807, 2.05) is 0 Å². The molecule has 0 aromatic heterocycles. The average Bonchev–Trinajstić information content (AvgIpc) is 2.93. The Kier molecular flexibility index (Phi) is 4.11. The van der Waals surface area contributed by atoms with E-state index in [-0.39, 0.29) is 6.04 Å². The molecule has 1 aromatic rings. The maximum atomic E-state index is 10.5. The Balaban J connectivity index is 1.60. The van der Waals surface area contributed by atoms with Crippen molar-refractivity contribution in [3.63, 3.8) is 0 Å². The summed E-state index contributed by atoms with van der Waals surface area (Å²) in [6.07, 6.45) is 5.21. The lowest BCUT2D eigenvalue weighted by molar-refractivity contribution is -0.0626. The Hall–Kier alpha value is -0.900. The molecular weight excluding hydrogens is 250 g/mol. The fourth-order valence-corrected chi connectivity index (χ4v) is 3.25. The van der Waals surface area contributed by atoms with Crippen molar-refractivity contribution in [2.75, 3.05) is 19.8 Å². The zero-order valence-corrected chi connectivity index (χ0v) is 12.3. The molecule has 3 nitrogen and oxygen atoms in total. The van der Waals surface area contributed by atoms with E-state index < -0.39 is 5.60 Å². The first-order valence-electron chi connectivity index (χ1n) is 7.82. The number of rotatable bonds is 4. The van der Waals surface area contributed by atoms with E-state index in [1.54, 1.807) is 0 Å². The van der Waals surface area contributed by atoms with Gasteiger partial charge >= 0.3 is 0 Å². The molecule has 110 valence electrons. The van der Waals surface area contributed by atoms with E-state index >= 15 is 0 Å². The highest BCUT2D eigenvalue weighted by Crippen LogP contribution is 2.26. The smallest absolute Gasteiger partial charge is 0.0815 e. The van der Waals surface area contributed by atoms with Crippen molar-refractivity contribution < 1.29 is 9.84 Å². The van der Waals surface area contributed by atoms with Gasteiger partial charge in [0, 0.05) is 38.6 Å². The lowest BCUT2D eigenvalue weighted by Gasteiger charge is -2.33. The summed E-state index contributed by atoms with van der Waals surface area (Å²) < 4.78 is 5.32. The van der Waals surface area contributed by atoms with E-state index in [1.165, 1.54) is 36.0 Å². The third-order valence-electron chi connectivity index (χ3n) is 4.78. The van der Waals surface area contributed by atoms with Gasteiger partial charge in [0.1, 0.15) is 0 Å². The first kappa shape index (κ1) is 14.1. The van der Waals surface area contributed by atoms with Crippen molar-refractivity contribution in [3.8, 4) is 0 Å². The molecule has 1 aromatic carbocycles. The highest BCUT2D eigenvalue weighted by molar-refractivity contribution is 5.36. The molecule has 0 radical (unpaired) electrons. The number of aliphatic hydroxyl groups is 1. The molecule has 1 aliphatic heterocycles. The summed E-state index contributed by atoms with van der Waals surface area (Å²) in [5, 5.41) is 14.0. The summed E-state index contributed by atoms with van der Waals surface area (Å²) in [4.78, 5) is 0. The van der Waals surface area contributed by atoms with Gasteiger partial charge < -0.3 is 15.2 Å². The summed E-state index contributed by atoms with van der Waals surface area (Å²) in [7, 11) is 0. The minimum Gasteiger partial charge on any atom is -0.388 e. The summed E-state index contributed by atoms with van der Waals surface area (Å²) in [5.41, 5.74) is 3.77. The Morgan fingerprint density at radius 1 is 1.25 bits per heavy atom. The molecule has 1 atom stereocenters. The molecule has 1 fully saturated rings. The van der Waals surface area contributed by atoms with Gasteiger partial charge in [0.2, 0.25) is 0 Å². The van der Waals surface area contributed by atoms with Gasteiger partial charge in [0.15, 0.2) is 0 Å². The van der Waals surface area contributed by atoms with E-state index in [0.29, 0.717) is 19.8 Å². The van der Waals surface area contributed by atoms with E-state index in [0.717, 1.165) is 12.8 Å². The van der Waals surface area contributed by atoms with Gasteiger partial charge in [-0.25, -0.2) is 0 Å². The summed E-state index contributed by atoms with van der Waals surface area (Å²) in [6.45, 7) is 4.17. The van der Waals surface area contributed by atoms with Crippen LogP contribution >= 0.6 is 0 Å². The topological polar surface area (TPSA) is 41.5 Å². The normalized spacial score (nSPS) is 22.5. The molecule has 3 heteroatoms. The van der Waals surface area contributed by atoms with Crippen LogP contribution in [-0.2, 0) is 17.6 Å². The number of benzene rings is 1. The third kappa shape index (κ3) is 3.05. The molecule has 3 rings (SSSR count). The second kappa shape index (κ2) is 5.84. The van der Waals surface area contributed by atoms with Gasteiger partial charge in [0.25, 0.3) is 0 Å². The van der Waals surface area contributed by atoms with Gasteiger partial charge in [-0.3, -0.25) is 0 Å². The second-order valence-electron chi connectivity index (χ2n) is 6.32. The number of hydrogen-bond donors (Lipinski definition) is 2. The average molecular weight is 275 g/mol. The van der Waals surface area contributed by atoms with Crippen molar-refractivity contribution in [1.82, 2.24) is 5.32 Å². The Labute approximate surface area is 121 Å². The van der Waals surface area contributed by atoms with Crippen LogP contribution in [0.3, 0.4) is 0 Å². The lowest BCUT2D eigenvalue weighted by Crippen LogP contribution is -2.45. The Morgan fingerprint density at radius 3 is 2.80 bits per heavy atom. The number of nitrogens with one attached hydrogen (secondary N) is 1. The zero-order chi connectivity index (χ0) is 14.0. The monoisotopic (exact) mass is 275 g/mol. The van der Waals surface area contributed by atoms with Crippen LogP contribution in [0.25, 0.3) is 0 Å². The van der Waals surface area contributed by atoms with Crippen LogP contribution in [-0.4, -0.2) is 30.5 Å². The SMILES string of the molecule is CC(NCC1(O)CCOCC1)c1ccc2c(c1)CCC2. The summed E-state index contributed by atoms with van der Waals surface area (Å²) in [6, 6.07) is 7.14. The fraction of sp³-hybridized carbons (Fsp3) is 0.647. The number of hydrogen-bond acceptors (Lipinski definition) is 3. The third-order valence-corrected chi connectivity index (χ3v) is 4.78. The molecule has 0 bridgehead atoms. The first-order chi connectivity index (χ1) is 9.66. The molecule has 0 saturated carbocycles. The highest BCUT2D eigenvalue weighted by Gasteiger charge is 2.29. The molecular formula is C17H25NO2. The molecule has 20 heavy (non-hydrogen) atoms. The van der Waals surface area contributed by atoms with Crippen LogP contribution in [0.15, 0.2) is 18.2 Å². The Bertz CT molecular complexity index is 466. The number of ether oxygens (including phenoxy) is 1. The standard InChI is InChI=1S/C17H25NO2/c1-13(18-12-17(19)7-9-20-10-8-17)15-6-5-14-3-2-4-16(14)11-15/h5-6,11,13,18-19H,2-4,7-10,12H2,1H3. The van der Waals surface area contributed by atoms with Crippen molar-refractivity contribution in [1.29, 1.82) is 0 Å². The van der Waals surface area contributed by atoms with Gasteiger partial charge in [-0.05, 0) is 42.9 Å². The second-order valence-corrected chi connectivity index (χ2v) is 6.32.